The molecule has 1 N–H and O–H groups in total. The second-order valence-electron chi connectivity index (χ2n) is 4.21. The molecule has 1 aromatic rings. The van der Waals surface area contributed by atoms with E-state index < -0.39 is 0 Å². The molecule has 1 atom stereocenters. The number of nitrogens with zero attached hydrogens (tertiary/aromatic N) is 2. The fraction of sp³-hybridized carbons (Fsp3) is 0.538. The molecule has 0 amide bonds. The average Bonchev–Trinajstić information content (AvgIpc) is 2.84. The smallest absolute Gasteiger partial charge is 0.114 e. The number of nitrogens with one attached hydrogen (secondary N) is 1. The predicted molar refractivity (Wildman–Crippen MR) is 66.6 cm³/mol. The second-order valence-corrected chi connectivity index (χ2v) is 4.21. The Bertz CT molecular complexity index is 429. The maximum Gasteiger partial charge on any atom is 0.114 e. The molecule has 0 radical (unpaired) electrons. The third kappa shape index (κ3) is 2.47. The number of hydrogen-bond donors (Lipinski definition) is 1. The van der Waals surface area contributed by atoms with Crippen molar-refractivity contribution in [2.24, 2.45) is 0 Å². The summed E-state index contributed by atoms with van der Waals surface area (Å²) in [5.41, 5.74) is 3.15. The normalized spacial score (nSPS) is 16.5. The standard InChI is InChI=1S/C13H19N3O/c1-4-11-10(8-9(2)15-16-11)13(14-3)12-6-5-7-17-12/h6,8,13-14H,4-5,7H2,1-3H3. The molecule has 0 spiro atoms. The fourth-order valence-corrected chi connectivity index (χ4v) is 2.15. The van der Waals surface area contributed by atoms with Crippen LogP contribution in [0.15, 0.2) is 17.9 Å². The van der Waals surface area contributed by atoms with E-state index in [1.165, 1.54) is 5.56 Å². The van der Waals surface area contributed by atoms with Gasteiger partial charge in [0.2, 0.25) is 0 Å². The highest BCUT2D eigenvalue weighted by Gasteiger charge is 2.22. The molecule has 0 saturated carbocycles. The summed E-state index contributed by atoms with van der Waals surface area (Å²) in [6, 6.07) is 2.19. The Morgan fingerprint density at radius 3 is 2.88 bits per heavy atom. The summed E-state index contributed by atoms with van der Waals surface area (Å²) in [5.74, 6) is 1.01. The maximum absolute atomic E-state index is 5.65. The second kappa shape index (κ2) is 5.27. The zero-order chi connectivity index (χ0) is 12.3. The number of hydrogen-bond acceptors (Lipinski definition) is 4. The molecule has 1 aliphatic rings. The van der Waals surface area contributed by atoms with Crippen molar-refractivity contribution in [3.63, 3.8) is 0 Å². The van der Waals surface area contributed by atoms with Gasteiger partial charge in [0.1, 0.15) is 5.76 Å². The lowest BCUT2D eigenvalue weighted by molar-refractivity contribution is 0.217. The molecule has 0 saturated heterocycles. The summed E-state index contributed by atoms with van der Waals surface area (Å²) < 4.78 is 5.65. The Labute approximate surface area is 102 Å². The van der Waals surface area contributed by atoms with Crippen molar-refractivity contribution in [3.05, 3.63) is 34.9 Å². The van der Waals surface area contributed by atoms with Crippen LogP contribution in [-0.2, 0) is 11.2 Å². The van der Waals surface area contributed by atoms with Crippen LogP contribution in [0.5, 0.6) is 0 Å². The highest BCUT2D eigenvalue weighted by Crippen LogP contribution is 2.28. The van der Waals surface area contributed by atoms with Crippen LogP contribution in [0, 0.1) is 6.92 Å². The highest BCUT2D eigenvalue weighted by molar-refractivity contribution is 5.31. The SMILES string of the molecule is CCc1nnc(C)cc1C(NC)C1=CCCO1. The van der Waals surface area contributed by atoms with Crippen molar-refractivity contribution in [1.82, 2.24) is 15.5 Å². The number of likely N-dealkylation sites (N-methyl/N-ethyl adjacent to an activating group) is 1. The molecule has 1 unspecified atom stereocenters. The molecule has 2 rings (SSSR count). The van der Waals surface area contributed by atoms with Crippen molar-refractivity contribution < 1.29 is 4.74 Å². The van der Waals surface area contributed by atoms with Gasteiger partial charge in [0, 0.05) is 12.0 Å². The van der Waals surface area contributed by atoms with Gasteiger partial charge in [-0.1, -0.05) is 6.92 Å². The van der Waals surface area contributed by atoms with Crippen LogP contribution >= 0.6 is 0 Å². The third-order valence-corrected chi connectivity index (χ3v) is 2.98. The van der Waals surface area contributed by atoms with Gasteiger partial charge in [-0.2, -0.15) is 10.2 Å². The number of aryl methyl sites for hydroxylation is 2. The minimum atomic E-state index is 0.0987. The number of aromatic nitrogens is 2. The molecule has 0 bridgehead atoms. The highest BCUT2D eigenvalue weighted by atomic mass is 16.5. The van der Waals surface area contributed by atoms with Gasteiger partial charge in [-0.3, -0.25) is 0 Å². The maximum atomic E-state index is 5.65. The molecule has 1 aliphatic heterocycles. The lowest BCUT2D eigenvalue weighted by atomic mass is 10.0. The van der Waals surface area contributed by atoms with Crippen LogP contribution in [0.2, 0.25) is 0 Å². The first kappa shape index (κ1) is 12.0. The Kier molecular flexibility index (Phi) is 3.74. The molecule has 0 fully saturated rings. The largest absolute Gasteiger partial charge is 0.496 e. The number of rotatable bonds is 4. The molecular formula is C13H19N3O. The van der Waals surface area contributed by atoms with Crippen LogP contribution in [0.25, 0.3) is 0 Å². The van der Waals surface area contributed by atoms with Crippen LogP contribution in [0.1, 0.15) is 36.3 Å². The van der Waals surface area contributed by atoms with E-state index in [0.717, 1.165) is 36.6 Å². The summed E-state index contributed by atoms with van der Waals surface area (Å²) in [7, 11) is 1.95. The van der Waals surface area contributed by atoms with E-state index in [2.05, 4.69) is 34.6 Å². The number of ether oxygens (including phenoxy) is 1. The van der Waals surface area contributed by atoms with Gasteiger partial charge in [-0.05, 0) is 32.5 Å². The molecular weight excluding hydrogens is 214 g/mol. The molecule has 4 nitrogen and oxygen atoms in total. The van der Waals surface area contributed by atoms with Gasteiger partial charge >= 0.3 is 0 Å². The molecule has 17 heavy (non-hydrogen) atoms. The van der Waals surface area contributed by atoms with Crippen molar-refractivity contribution in [3.8, 4) is 0 Å². The average molecular weight is 233 g/mol. The summed E-state index contributed by atoms with van der Waals surface area (Å²) in [6.45, 7) is 4.85. The minimum Gasteiger partial charge on any atom is -0.496 e. The van der Waals surface area contributed by atoms with Crippen LogP contribution in [0.4, 0.5) is 0 Å². The first-order valence-corrected chi connectivity index (χ1v) is 6.09. The summed E-state index contributed by atoms with van der Waals surface area (Å²) in [6.07, 6.45) is 4.02. The lowest BCUT2D eigenvalue weighted by Gasteiger charge is -2.20. The van der Waals surface area contributed by atoms with E-state index in [1.807, 2.05) is 14.0 Å². The molecule has 92 valence electrons. The zero-order valence-electron chi connectivity index (χ0n) is 10.7. The fourth-order valence-electron chi connectivity index (χ4n) is 2.15. The molecule has 2 heterocycles. The molecule has 0 aromatic carbocycles. The predicted octanol–water partition coefficient (Wildman–Crippen LogP) is 1.91. The van der Waals surface area contributed by atoms with Gasteiger partial charge < -0.3 is 10.1 Å². The quantitative estimate of drug-likeness (QED) is 0.863. The van der Waals surface area contributed by atoms with Gasteiger partial charge in [0.25, 0.3) is 0 Å². The zero-order valence-corrected chi connectivity index (χ0v) is 10.7. The van der Waals surface area contributed by atoms with Crippen LogP contribution in [-0.4, -0.2) is 23.9 Å². The summed E-state index contributed by atoms with van der Waals surface area (Å²) in [5, 5.41) is 11.7. The van der Waals surface area contributed by atoms with E-state index in [1.54, 1.807) is 0 Å². The monoisotopic (exact) mass is 233 g/mol. The van der Waals surface area contributed by atoms with Crippen molar-refractivity contribution in [2.75, 3.05) is 13.7 Å². The topological polar surface area (TPSA) is 47.0 Å². The van der Waals surface area contributed by atoms with E-state index in [4.69, 9.17) is 4.74 Å². The first-order valence-electron chi connectivity index (χ1n) is 6.09. The van der Waals surface area contributed by atoms with Crippen molar-refractivity contribution in [1.29, 1.82) is 0 Å². The lowest BCUT2D eigenvalue weighted by Crippen LogP contribution is -2.21. The van der Waals surface area contributed by atoms with Gasteiger partial charge in [-0.25, -0.2) is 0 Å². The van der Waals surface area contributed by atoms with Crippen molar-refractivity contribution >= 4 is 0 Å². The van der Waals surface area contributed by atoms with E-state index in [0.29, 0.717) is 0 Å². The first-order chi connectivity index (χ1) is 8.26. The third-order valence-electron chi connectivity index (χ3n) is 2.98. The van der Waals surface area contributed by atoms with E-state index >= 15 is 0 Å². The Hall–Kier alpha value is -1.42. The molecule has 1 aromatic heterocycles. The Morgan fingerprint density at radius 2 is 2.29 bits per heavy atom. The summed E-state index contributed by atoms with van der Waals surface area (Å²) in [4.78, 5) is 0. The Balaban J connectivity index is 2.38. The van der Waals surface area contributed by atoms with Crippen molar-refractivity contribution in [2.45, 2.75) is 32.7 Å². The Morgan fingerprint density at radius 1 is 1.47 bits per heavy atom. The van der Waals surface area contributed by atoms with E-state index in [-0.39, 0.29) is 6.04 Å². The van der Waals surface area contributed by atoms with Crippen LogP contribution < -0.4 is 5.32 Å². The van der Waals surface area contributed by atoms with Gasteiger partial charge in [-0.15, -0.1) is 0 Å². The van der Waals surface area contributed by atoms with Gasteiger partial charge in [0.15, 0.2) is 0 Å². The summed E-state index contributed by atoms with van der Waals surface area (Å²) >= 11 is 0. The molecule has 4 heteroatoms. The van der Waals surface area contributed by atoms with Crippen LogP contribution in [0.3, 0.4) is 0 Å². The molecule has 0 aliphatic carbocycles. The minimum absolute atomic E-state index is 0.0987. The van der Waals surface area contributed by atoms with E-state index in [9.17, 15) is 0 Å². The van der Waals surface area contributed by atoms with Gasteiger partial charge in [0.05, 0.1) is 24.0 Å².